The molecule has 0 N–H and O–H groups in total. The number of carbonyl (C=O) groups is 1. The van der Waals surface area contributed by atoms with Crippen molar-refractivity contribution in [1.82, 2.24) is 0 Å². The first kappa shape index (κ1) is 11.7. The molecule has 0 spiro atoms. The second-order valence-corrected chi connectivity index (χ2v) is 3.62. The Kier molecular flexibility index (Phi) is 3.83. The van der Waals surface area contributed by atoms with Crippen LogP contribution in [0.15, 0.2) is 12.1 Å². The van der Waals surface area contributed by atoms with Crippen molar-refractivity contribution in [2.75, 3.05) is 7.11 Å². The number of ether oxygens (including phenoxy) is 1. The zero-order valence-electron chi connectivity index (χ0n) is 9.21. The summed E-state index contributed by atoms with van der Waals surface area (Å²) in [5.41, 5.74) is 1.06. The predicted molar refractivity (Wildman–Crippen MR) is 56.8 cm³/mol. The molecule has 2 nitrogen and oxygen atoms in total. The fraction of sp³-hybridized carbons (Fsp3) is 0.417. The van der Waals surface area contributed by atoms with Gasteiger partial charge in [-0.15, -0.1) is 0 Å². The van der Waals surface area contributed by atoms with E-state index < -0.39 is 0 Å². The molecule has 1 aromatic rings. The summed E-state index contributed by atoms with van der Waals surface area (Å²) < 4.78 is 18.9. The summed E-state index contributed by atoms with van der Waals surface area (Å²) in [6.45, 7) is 3.51. The minimum absolute atomic E-state index is 0.155. The minimum atomic E-state index is -0.274. The normalized spacial score (nSPS) is 12.3. The molecule has 1 rings (SSSR count). The number of benzene rings is 1. The largest absolute Gasteiger partial charge is 0.496 e. The van der Waals surface area contributed by atoms with Gasteiger partial charge in [-0.05, 0) is 24.5 Å². The van der Waals surface area contributed by atoms with Crippen LogP contribution in [0.25, 0.3) is 0 Å². The highest BCUT2D eigenvalue weighted by molar-refractivity contribution is 5.53. The van der Waals surface area contributed by atoms with Crippen LogP contribution in [0, 0.1) is 12.7 Å². The summed E-state index contributed by atoms with van der Waals surface area (Å²) >= 11 is 0. The first-order valence-electron chi connectivity index (χ1n) is 4.88. The van der Waals surface area contributed by atoms with Gasteiger partial charge in [-0.1, -0.05) is 13.0 Å². The molecule has 0 saturated carbocycles. The van der Waals surface area contributed by atoms with Crippen LogP contribution in [0.4, 0.5) is 4.39 Å². The number of hydrogen-bond acceptors (Lipinski definition) is 2. The lowest BCUT2D eigenvalue weighted by Gasteiger charge is -2.15. The molecule has 0 radical (unpaired) electrons. The standard InChI is InChI=1S/C12H15FO2/c1-8(6-7-14)11-10(15-3)5-4-9(2)12(11)13/h4-5,7-8H,6H2,1-3H3. The van der Waals surface area contributed by atoms with E-state index in [0.717, 1.165) is 6.29 Å². The van der Waals surface area contributed by atoms with Crippen LogP contribution in [0.1, 0.15) is 30.4 Å². The zero-order valence-corrected chi connectivity index (χ0v) is 9.21. The van der Waals surface area contributed by atoms with E-state index in [1.54, 1.807) is 19.1 Å². The Balaban J connectivity index is 3.22. The van der Waals surface area contributed by atoms with Crippen LogP contribution in [0.5, 0.6) is 5.75 Å². The quantitative estimate of drug-likeness (QED) is 0.714. The fourth-order valence-corrected chi connectivity index (χ4v) is 1.58. The van der Waals surface area contributed by atoms with Gasteiger partial charge >= 0.3 is 0 Å². The number of halogens is 1. The van der Waals surface area contributed by atoms with E-state index in [0.29, 0.717) is 23.3 Å². The number of methoxy groups -OCH3 is 1. The average Bonchev–Trinajstić information content (AvgIpc) is 2.22. The number of aryl methyl sites for hydroxylation is 1. The fourth-order valence-electron chi connectivity index (χ4n) is 1.58. The molecular weight excluding hydrogens is 195 g/mol. The van der Waals surface area contributed by atoms with Gasteiger partial charge in [0.15, 0.2) is 0 Å². The molecule has 0 aromatic heterocycles. The molecule has 1 atom stereocenters. The SMILES string of the molecule is COc1ccc(C)c(F)c1C(C)CC=O. The summed E-state index contributed by atoms with van der Waals surface area (Å²) in [5, 5.41) is 0. The first-order valence-corrected chi connectivity index (χ1v) is 4.88. The van der Waals surface area contributed by atoms with E-state index >= 15 is 0 Å². The third-order valence-electron chi connectivity index (χ3n) is 2.50. The molecule has 0 aliphatic rings. The molecule has 0 amide bonds. The topological polar surface area (TPSA) is 26.3 Å². The van der Waals surface area contributed by atoms with E-state index in [1.165, 1.54) is 7.11 Å². The lowest BCUT2D eigenvalue weighted by molar-refractivity contribution is -0.108. The molecule has 0 fully saturated rings. The lowest BCUT2D eigenvalue weighted by atomic mass is 9.95. The maximum absolute atomic E-state index is 13.8. The van der Waals surface area contributed by atoms with Gasteiger partial charge in [0.2, 0.25) is 0 Å². The maximum Gasteiger partial charge on any atom is 0.133 e. The Hall–Kier alpha value is -1.38. The molecule has 1 unspecified atom stereocenters. The van der Waals surface area contributed by atoms with Crippen LogP contribution in [-0.4, -0.2) is 13.4 Å². The average molecular weight is 210 g/mol. The second-order valence-electron chi connectivity index (χ2n) is 3.62. The summed E-state index contributed by atoms with van der Waals surface area (Å²) in [6.07, 6.45) is 1.10. The van der Waals surface area contributed by atoms with Crippen molar-refractivity contribution in [2.24, 2.45) is 0 Å². The molecule has 82 valence electrons. The van der Waals surface area contributed by atoms with Crippen molar-refractivity contribution in [2.45, 2.75) is 26.2 Å². The summed E-state index contributed by atoms with van der Waals surface area (Å²) in [5.74, 6) is 0.0773. The number of carbonyl (C=O) groups excluding carboxylic acids is 1. The van der Waals surface area contributed by atoms with E-state index in [2.05, 4.69) is 0 Å². The van der Waals surface area contributed by atoms with E-state index in [-0.39, 0.29) is 11.7 Å². The van der Waals surface area contributed by atoms with Gasteiger partial charge in [-0.3, -0.25) is 0 Å². The van der Waals surface area contributed by atoms with Crippen molar-refractivity contribution in [1.29, 1.82) is 0 Å². The van der Waals surface area contributed by atoms with Crippen molar-refractivity contribution >= 4 is 6.29 Å². The summed E-state index contributed by atoms with van der Waals surface area (Å²) in [4.78, 5) is 10.4. The summed E-state index contributed by atoms with van der Waals surface area (Å²) in [6, 6.07) is 3.40. The molecule has 15 heavy (non-hydrogen) atoms. The van der Waals surface area contributed by atoms with Crippen LogP contribution < -0.4 is 4.74 Å². The van der Waals surface area contributed by atoms with E-state index in [4.69, 9.17) is 4.74 Å². The van der Waals surface area contributed by atoms with Crippen LogP contribution >= 0.6 is 0 Å². The molecule has 0 saturated heterocycles. The summed E-state index contributed by atoms with van der Waals surface area (Å²) in [7, 11) is 1.50. The highest BCUT2D eigenvalue weighted by Gasteiger charge is 2.17. The van der Waals surface area contributed by atoms with Crippen molar-refractivity contribution in [3.05, 3.63) is 29.1 Å². The Bertz CT molecular complexity index is 361. The molecule has 3 heteroatoms. The molecule has 0 bridgehead atoms. The van der Waals surface area contributed by atoms with Crippen molar-refractivity contribution in [3.63, 3.8) is 0 Å². The predicted octanol–water partition coefficient (Wildman–Crippen LogP) is 2.84. The first-order chi connectivity index (χ1) is 7.11. The molecular formula is C12H15FO2. The van der Waals surface area contributed by atoms with Crippen molar-refractivity contribution < 1.29 is 13.9 Å². The zero-order chi connectivity index (χ0) is 11.4. The van der Waals surface area contributed by atoms with Crippen LogP contribution in [-0.2, 0) is 4.79 Å². The van der Waals surface area contributed by atoms with Gasteiger partial charge < -0.3 is 9.53 Å². The molecule has 0 aliphatic carbocycles. The van der Waals surface area contributed by atoms with Gasteiger partial charge in [-0.2, -0.15) is 0 Å². The van der Waals surface area contributed by atoms with Gasteiger partial charge in [0.05, 0.1) is 7.11 Å². The maximum atomic E-state index is 13.8. The third kappa shape index (κ3) is 2.35. The third-order valence-corrected chi connectivity index (χ3v) is 2.50. The Morgan fingerprint density at radius 2 is 2.20 bits per heavy atom. The Labute approximate surface area is 89.1 Å². The van der Waals surface area contributed by atoms with Gasteiger partial charge in [0, 0.05) is 12.0 Å². The van der Waals surface area contributed by atoms with E-state index in [9.17, 15) is 9.18 Å². The second kappa shape index (κ2) is 4.91. The molecule has 0 heterocycles. The van der Waals surface area contributed by atoms with Gasteiger partial charge in [-0.25, -0.2) is 4.39 Å². The van der Waals surface area contributed by atoms with Crippen molar-refractivity contribution in [3.8, 4) is 5.75 Å². The Morgan fingerprint density at radius 1 is 1.53 bits per heavy atom. The van der Waals surface area contributed by atoms with Crippen LogP contribution in [0.3, 0.4) is 0 Å². The monoisotopic (exact) mass is 210 g/mol. The molecule has 0 aliphatic heterocycles. The van der Waals surface area contributed by atoms with E-state index in [1.807, 2.05) is 6.92 Å². The number of rotatable bonds is 4. The lowest BCUT2D eigenvalue weighted by Crippen LogP contribution is -2.03. The minimum Gasteiger partial charge on any atom is -0.496 e. The van der Waals surface area contributed by atoms with Gasteiger partial charge in [0.25, 0.3) is 0 Å². The highest BCUT2D eigenvalue weighted by Crippen LogP contribution is 2.32. The Morgan fingerprint density at radius 3 is 2.73 bits per heavy atom. The number of aldehydes is 1. The van der Waals surface area contributed by atoms with Crippen LogP contribution in [0.2, 0.25) is 0 Å². The molecule has 1 aromatic carbocycles. The number of hydrogen-bond donors (Lipinski definition) is 0. The smallest absolute Gasteiger partial charge is 0.133 e. The highest BCUT2D eigenvalue weighted by atomic mass is 19.1. The van der Waals surface area contributed by atoms with Gasteiger partial charge in [0.1, 0.15) is 17.9 Å².